The quantitative estimate of drug-likeness (QED) is 0.197. The highest BCUT2D eigenvalue weighted by Gasteiger charge is 2.14. The summed E-state index contributed by atoms with van der Waals surface area (Å²) in [7, 11) is 0. The van der Waals surface area contributed by atoms with Gasteiger partial charge in [0.05, 0.1) is 11.0 Å². The Balaban J connectivity index is 1.14. The lowest BCUT2D eigenvalue weighted by molar-refractivity contribution is 1.06. The molecule has 0 aliphatic heterocycles. The molecule has 0 atom stereocenters. The van der Waals surface area contributed by atoms with Gasteiger partial charge in [-0.2, -0.15) is 0 Å². The van der Waals surface area contributed by atoms with Crippen LogP contribution in [-0.4, -0.2) is 9.55 Å². The van der Waals surface area contributed by atoms with Crippen molar-refractivity contribution < 1.29 is 0 Å². The highest BCUT2D eigenvalue weighted by atomic mass is 16.1. The molecule has 9 rings (SSSR count). The summed E-state index contributed by atoms with van der Waals surface area (Å²) >= 11 is 0. The van der Waals surface area contributed by atoms with Gasteiger partial charge in [-0.1, -0.05) is 109 Å². The lowest BCUT2D eigenvalue weighted by Gasteiger charge is -2.14. The van der Waals surface area contributed by atoms with E-state index in [-0.39, 0.29) is 5.56 Å². The number of nitrogens with zero attached hydrogens (tertiary/aromatic N) is 2. The van der Waals surface area contributed by atoms with E-state index in [1.807, 2.05) is 48.5 Å². The molecule has 2 heterocycles. The number of hydrogen-bond acceptors (Lipinski definition) is 2. The molecule has 7 aromatic carbocycles. The van der Waals surface area contributed by atoms with Crippen LogP contribution in [0.25, 0.3) is 82.1 Å². The monoisotopic (exact) mass is 574 g/mol. The summed E-state index contributed by atoms with van der Waals surface area (Å²) in [5, 5.41) is 9.18. The maximum atomic E-state index is 13.7. The molecular formula is C42H26N2O. The molecule has 2 aromatic heterocycles. The molecular weight excluding hydrogens is 548 g/mol. The molecule has 0 bridgehead atoms. The highest BCUT2D eigenvalue weighted by Crippen LogP contribution is 2.37. The first-order valence-corrected chi connectivity index (χ1v) is 15.2. The van der Waals surface area contributed by atoms with Gasteiger partial charge >= 0.3 is 0 Å². The van der Waals surface area contributed by atoms with Crippen LogP contribution in [-0.2, 0) is 0 Å². The van der Waals surface area contributed by atoms with Crippen LogP contribution >= 0.6 is 0 Å². The normalized spacial score (nSPS) is 11.6. The molecule has 0 radical (unpaired) electrons. The minimum Gasteiger partial charge on any atom is -0.275 e. The van der Waals surface area contributed by atoms with E-state index in [2.05, 4.69) is 108 Å². The van der Waals surface area contributed by atoms with Crippen molar-refractivity contribution >= 4 is 54.1 Å². The van der Waals surface area contributed by atoms with Crippen LogP contribution in [0.2, 0.25) is 0 Å². The van der Waals surface area contributed by atoms with E-state index in [4.69, 9.17) is 0 Å². The third-order valence-corrected chi connectivity index (χ3v) is 9.04. The van der Waals surface area contributed by atoms with Gasteiger partial charge in [0.2, 0.25) is 0 Å². The predicted octanol–water partition coefficient (Wildman–Crippen LogP) is 10.3. The second-order valence-electron chi connectivity index (χ2n) is 11.5. The second kappa shape index (κ2) is 10.0. The van der Waals surface area contributed by atoms with Gasteiger partial charge in [-0.3, -0.25) is 14.3 Å². The molecule has 9 aromatic rings. The lowest BCUT2D eigenvalue weighted by atomic mass is 9.91. The maximum Gasteiger partial charge on any atom is 0.263 e. The van der Waals surface area contributed by atoms with E-state index in [0.29, 0.717) is 5.39 Å². The topological polar surface area (TPSA) is 34.9 Å². The van der Waals surface area contributed by atoms with Crippen LogP contribution in [0.1, 0.15) is 0 Å². The average molecular weight is 575 g/mol. The van der Waals surface area contributed by atoms with Gasteiger partial charge in [-0.05, 0) is 97.0 Å². The zero-order valence-electron chi connectivity index (χ0n) is 24.3. The Morgan fingerprint density at radius 2 is 0.933 bits per heavy atom. The van der Waals surface area contributed by atoms with Crippen LogP contribution in [0.15, 0.2) is 163 Å². The molecule has 0 saturated carbocycles. The van der Waals surface area contributed by atoms with Crippen molar-refractivity contribution in [1.82, 2.24) is 9.55 Å². The van der Waals surface area contributed by atoms with Gasteiger partial charge in [-0.15, -0.1) is 0 Å². The van der Waals surface area contributed by atoms with Crippen molar-refractivity contribution in [3.8, 4) is 27.9 Å². The third-order valence-electron chi connectivity index (χ3n) is 9.04. The van der Waals surface area contributed by atoms with E-state index < -0.39 is 0 Å². The number of fused-ring (bicyclic) bond motifs is 9. The molecule has 0 aliphatic carbocycles. The molecule has 45 heavy (non-hydrogen) atoms. The summed E-state index contributed by atoms with van der Waals surface area (Å²) in [6, 6.07) is 52.7. The highest BCUT2D eigenvalue weighted by molar-refractivity contribution is 6.25. The number of aromatic nitrogens is 2. The molecule has 0 unspecified atom stereocenters. The maximum absolute atomic E-state index is 13.7. The van der Waals surface area contributed by atoms with Crippen molar-refractivity contribution in [2.45, 2.75) is 0 Å². The molecule has 0 spiro atoms. The molecule has 0 aliphatic rings. The first-order chi connectivity index (χ1) is 22.2. The van der Waals surface area contributed by atoms with E-state index >= 15 is 0 Å². The van der Waals surface area contributed by atoms with Crippen molar-refractivity contribution in [3.05, 3.63) is 168 Å². The fourth-order valence-corrected chi connectivity index (χ4v) is 6.92. The van der Waals surface area contributed by atoms with Crippen molar-refractivity contribution in [3.63, 3.8) is 0 Å². The largest absolute Gasteiger partial charge is 0.275 e. The standard InChI is InChI=1S/C42H26N2O/c45-42-38-16-6-5-15-37(38)41-40(17-8-24-43-41)44(42)31-21-18-27(19-22-31)28-9-7-10-29(25-28)30-20-23-36-34-13-2-1-11-32(34)33-12-3-4-14-35(33)39(36)26-30/h1-26H. The van der Waals surface area contributed by atoms with E-state index in [9.17, 15) is 4.79 Å². The van der Waals surface area contributed by atoms with E-state index in [1.54, 1.807) is 10.8 Å². The summed E-state index contributed by atoms with van der Waals surface area (Å²) in [5.74, 6) is 0. The molecule has 3 heteroatoms. The average Bonchev–Trinajstić information content (AvgIpc) is 3.12. The van der Waals surface area contributed by atoms with Gasteiger partial charge in [0, 0.05) is 22.7 Å². The second-order valence-corrected chi connectivity index (χ2v) is 11.5. The van der Waals surface area contributed by atoms with Crippen molar-refractivity contribution in [1.29, 1.82) is 0 Å². The number of hydrogen-bond donors (Lipinski definition) is 0. The van der Waals surface area contributed by atoms with Crippen LogP contribution in [0.3, 0.4) is 0 Å². The Hall–Kier alpha value is -6.06. The van der Waals surface area contributed by atoms with E-state index in [0.717, 1.165) is 33.2 Å². The molecule has 0 saturated heterocycles. The molecule has 3 nitrogen and oxygen atoms in total. The summed E-state index contributed by atoms with van der Waals surface area (Å²) in [5.41, 5.74) is 6.96. The third kappa shape index (κ3) is 3.98. The first-order valence-electron chi connectivity index (χ1n) is 15.2. The Kier molecular flexibility index (Phi) is 5.66. The van der Waals surface area contributed by atoms with Crippen LogP contribution < -0.4 is 5.56 Å². The Bertz CT molecular complexity index is 2630. The van der Waals surface area contributed by atoms with Gasteiger partial charge in [0.15, 0.2) is 0 Å². The van der Waals surface area contributed by atoms with Crippen molar-refractivity contribution in [2.24, 2.45) is 0 Å². The molecule has 0 amide bonds. The molecule has 210 valence electrons. The number of rotatable bonds is 3. The summed E-state index contributed by atoms with van der Waals surface area (Å²) in [6.45, 7) is 0. The zero-order chi connectivity index (χ0) is 29.9. The molecule has 0 N–H and O–H groups in total. The smallest absolute Gasteiger partial charge is 0.263 e. The van der Waals surface area contributed by atoms with E-state index in [1.165, 1.54) is 43.4 Å². The molecule has 0 fully saturated rings. The fourth-order valence-electron chi connectivity index (χ4n) is 6.92. The Morgan fingerprint density at radius 1 is 0.400 bits per heavy atom. The van der Waals surface area contributed by atoms with Gasteiger partial charge in [-0.25, -0.2) is 0 Å². The number of benzene rings is 7. The van der Waals surface area contributed by atoms with Crippen LogP contribution in [0.4, 0.5) is 0 Å². The zero-order valence-corrected chi connectivity index (χ0v) is 24.3. The van der Waals surface area contributed by atoms with Crippen molar-refractivity contribution in [2.75, 3.05) is 0 Å². The summed E-state index contributed by atoms with van der Waals surface area (Å²) < 4.78 is 1.77. The van der Waals surface area contributed by atoms with Gasteiger partial charge in [0.25, 0.3) is 5.56 Å². The lowest BCUT2D eigenvalue weighted by Crippen LogP contribution is -2.19. The minimum atomic E-state index is -0.0440. The predicted molar refractivity (Wildman–Crippen MR) is 188 cm³/mol. The fraction of sp³-hybridized carbons (Fsp3) is 0. The summed E-state index contributed by atoms with van der Waals surface area (Å²) in [6.07, 6.45) is 1.78. The minimum absolute atomic E-state index is 0.0440. The first kappa shape index (κ1) is 25.4. The summed E-state index contributed by atoms with van der Waals surface area (Å²) in [4.78, 5) is 18.3. The van der Waals surface area contributed by atoms with Crippen LogP contribution in [0.5, 0.6) is 0 Å². The van der Waals surface area contributed by atoms with Gasteiger partial charge < -0.3 is 0 Å². The number of pyridine rings is 2. The Labute approximate surface area is 259 Å². The van der Waals surface area contributed by atoms with Gasteiger partial charge in [0.1, 0.15) is 0 Å². The van der Waals surface area contributed by atoms with Crippen LogP contribution in [0, 0.1) is 0 Å². The SMILES string of the molecule is O=c1c2ccccc2c2ncccc2n1-c1ccc(-c2cccc(-c3ccc4c5ccccc5c5ccccc5c4c3)c2)cc1. The Morgan fingerprint density at radius 3 is 1.62 bits per heavy atom.